The maximum absolute atomic E-state index is 10.8. The Labute approximate surface area is 82.4 Å². The van der Waals surface area contributed by atoms with Gasteiger partial charge in [0.2, 0.25) is 0 Å². The van der Waals surface area contributed by atoms with Crippen LogP contribution in [-0.2, 0) is 0 Å². The largest absolute Gasteiger partial charge is 0.298 e. The molecular weight excluding hydrogens is 176 g/mol. The fourth-order valence-corrected chi connectivity index (χ4v) is 1.44. The van der Waals surface area contributed by atoms with E-state index in [0.717, 1.165) is 17.5 Å². The van der Waals surface area contributed by atoms with Crippen LogP contribution in [0, 0.1) is 0 Å². The lowest BCUT2D eigenvalue weighted by Crippen LogP contribution is -1.91. The van der Waals surface area contributed by atoms with E-state index in [1.807, 2.05) is 18.3 Å². The Balaban J connectivity index is 2.70. The van der Waals surface area contributed by atoms with E-state index in [1.54, 1.807) is 10.6 Å². The molecule has 0 fully saturated rings. The zero-order chi connectivity index (χ0) is 10.1. The summed E-state index contributed by atoms with van der Waals surface area (Å²) in [4.78, 5) is 10.8. The van der Waals surface area contributed by atoms with E-state index in [-0.39, 0.29) is 0 Å². The van der Waals surface area contributed by atoms with Gasteiger partial charge in [0, 0.05) is 11.8 Å². The first-order chi connectivity index (χ1) is 6.72. The van der Waals surface area contributed by atoms with Crippen LogP contribution in [0.1, 0.15) is 35.8 Å². The fraction of sp³-hybridized carbons (Fsp3) is 0.273. The van der Waals surface area contributed by atoms with E-state index >= 15 is 0 Å². The molecule has 0 radical (unpaired) electrons. The molecule has 3 heteroatoms. The zero-order valence-corrected chi connectivity index (χ0v) is 8.27. The smallest absolute Gasteiger partial charge is 0.152 e. The molecule has 2 rings (SSSR count). The quantitative estimate of drug-likeness (QED) is 0.677. The number of rotatable bonds is 2. The average molecular weight is 188 g/mol. The molecule has 0 aromatic carbocycles. The van der Waals surface area contributed by atoms with Gasteiger partial charge in [-0.1, -0.05) is 13.8 Å². The fourth-order valence-electron chi connectivity index (χ4n) is 1.44. The monoisotopic (exact) mass is 188 g/mol. The number of carbonyl (C=O) groups is 1. The van der Waals surface area contributed by atoms with Gasteiger partial charge in [0.1, 0.15) is 0 Å². The Kier molecular flexibility index (Phi) is 2.08. The molecule has 0 aliphatic heterocycles. The van der Waals surface area contributed by atoms with Crippen LogP contribution in [0.2, 0.25) is 0 Å². The highest BCUT2D eigenvalue weighted by molar-refractivity contribution is 5.85. The lowest BCUT2D eigenvalue weighted by molar-refractivity contribution is 0.112. The minimum absolute atomic E-state index is 0.384. The summed E-state index contributed by atoms with van der Waals surface area (Å²) in [6.45, 7) is 4.17. The Bertz CT molecular complexity index is 471. The highest BCUT2D eigenvalue weighted by Crippen LogP contribution is 2.16. The summed E-state index contributed by atoms with van der Waals surface area (Å²) in [5.41, 5.74) is 2.58. The number of hydrogen-bond acceptors (Lipinski definition) is 2. The van der Waals surface area contributed by atoms with Crippen molar-refractivity contribution in [2.24, 2.45) is 0 Å². The van der Waals surface area contributed by atoms with Gasteiger partial charge < -0.3 is 0 Å². The van der Waals surface area contributed by atoms with Crippen LogP contribution in [0.3, 0.4) is 0 Å². The molecule has 2 heterocycles. The lowest BCUT2D eigenvalue weighted by atomic mass is 10.1. The Morgan fingerprint density at radius 2 is 2.29 bits per heavy atom. The second-order valence-electron chi connectivity index (χ2n) is 3.64. The van der Waals surface area contributed by atoms with Crippen molar-refractivity contribution in [2.75, 3.05) is 0 Å². The summed E-state index contributed by atoms with van der Waals surface area (Å²) in [6, 6.07) is 5.59. The second-order valence-corrected chi connectivity index (χ2v) is 3.64. The third kappa shape index (κ3) is 1.31. The number of aldehydes is 1. The van der Waals surface area contributed by atoms with Gasteiger partial charge in [-0.3, -0.25) is 4.79 Å². The van der Waals surface area contributed by atoms with Crippen LogP contribution in [-0.4, -0.2) is 15.9 Å². The predicted octanol–water partition coefficient (Wildman–Crippen LogP) is 2.27. The van der Waals surface area contributed by atoms with E-state index in [2.05, 4.69) is 18.9 Å². The third-order valence-corrected chi connectivity index (χ3v) is 2.27. The summed E-state index contributed by atoms with van der Waals surface area (Å²) in [5.74, 6) is 0.384. The first-order valence-electron chi connectivity index (χ1n) is 4.66. The number of aromatic nitrogens is 2. The van der Waals surface area contributed by atoms with Gasteiger partial charge in [-0.25, -0.2) is 4.52 Å². The van der Waals surface area contributed by atoms with Crippen LogP contribution in [0.25, 0.3) is 5.52 Å². The van der Waals surface area contributed by atoms with Crippen molar-refractivity contribution in [3.8, 4) is 0 Å². The van der Waals surface area contributed by atoms with Crippen LogP contribution in [0.15, 0.2) is 24.4 Å². The van der Waals surface area contributed by atoms with Gasteiger partial charge in [0.25, 0.3) is 0 Å². The van der Waals surface area contributed by atoms with Crippen molar-refractivity contribution >= 4 is 11.8 Å². The molecule has 0 spiro atoms. The first kappa shape index (κ1) is 8.94. The maximum atomic E-state index is 10.8. The van der Waals surface area contributed by atoms with E-state index < -0.39 is 0 Å². The molecule has 72 valence electrons. The van der Waals surface area contributed by atoms with Crippen molar-refractivity contribution < 1.29 is 4.79 Å². The van der Waals surface area contributed by atoms with Crippen LogP contribution in [0.4, 0.5) is 0 Å². The number of nitrogens with zero attached hydrogens (tertiary/aromatic N) is 2. The van der Waals surface area contributed by atoms with Gasteiger partial charge in [0.15, 0.2) is 6.29 Å². The van der Waals surface area contributed by atoms with Crippen LogP contribution in [0.5, 0.6) is 0 Å². The van der Waals surface area contributed by atoms with Crippen molar-refractivity contribution in [1.82, 2.24) is 9.61 Å². The highest BCUT2D eigenvalue weighted by atomic mass is 16.1. The average Bonchev–Trinajstić information content (AvgIpc) is 2.60. The summed E-state index contributed by atoms with van der Waals surface area (Å²) >= 11 is 0. The van der Waals surface area contributed by atoms with Gasteiger partial charge in [0.05, 0.1) is 11.2 Å². The van der Waals surface area contributed by atoms with Crippen molar-refractivity contribution in [3.63, 3.8) is 0 Å². The summed E-state index contributed by atoms with van der Waals surface area (Å²) in [5, 5.41) is 4.38. The van der Waals surface area contributed by atoms with Crippen LogP contribution < -0.4 is 0 Å². The van der Waals surface area contributed by atoms with Crippen LogP contribution >= 0.6 is 0 Å². The number of fused-ring (bicyclic) bond motifs is 1. The molecule has 0 atom stereocenters. The Morgan fingerprint density at radius 3 is 2.93 bits per heavy atom. The number of pyridine rings is 1. The van der Waals surface area contributed by atoms with Gasteiger partial charge in [-0.15, -0.1) is 0 Å². The lowest BCUT2D eigenvalue weighted by Gasteiger charge is -1.95. The van der Waals surface area contributed by atoms with Crippen molar-refractivity contribution in [2.45, 2.75) is 19.8 Å². The van der Waals surface area contributed by atoms with Gasteiger partial charge in [-0.2, -0.15) is 5.10 Å². The SMILES string of the molecule is CC(C)c1cc2c(C=O)cccn2n1. The van der Waals surface area contributed by atoms with E-state index in [1.165, 1.54) is 0 Å². The molecule has 0 aliphatic rings. The molecule has 0 saturated carbocycles. The Hall–Kier alpha value is -1.64. The summed E-state index contributed by atoms with van der Waals surface area (Å²) < 4.78 is 1.75. The van der Waals surface area contributed by atoms with Crippen molar-refractivity contribution in [3.05, 3.63) is 35.7 Å². The van der Waals surface area contributed by atoms with E-state index in [0.29, 0.717) is 11.5 Å². The molecule has 14 heavy (non-hydrogen) atoms. The molecule has 0 N–H and O–H groups in total. The molecule has 0 aliphatic carbocycles. The Morgan fingerprint density at radius 1 is 1.50 bits per heavy atom. The minimum atomic E-state index is 0.384. The standard InChI is InChI=1S/C11H12N2O/c1-8(2)10-6-11-9(7-14)4-3-5-13(11)12-10/h3-8H,1-2H3. The zero-order valence-electron chi connectivity index (χ0n) is 8.27. The predicted molar refractivity (Wildman–Crippen MR) is 54.7 cm³/mol. The van der Waals surface area contributed by atoms with Gasteiger partial charge in [-0.05, 0) is 24.1 Å². The summed E-state index contributed by atoms with van der Waals surface area (Å²) in [7, 11) is 0. The normalized spacial score (nSPS) is 11.1. The third-order valence-electron chi connectivity index (χ3n) is 2.27. The second kappa shape index (κ2) is 3.25. The molecule has 3 nitrogen and oxygen atoms in total. The molecule has 0 bridgehead atoms. The topological polar surface area (TPSA) is 34.4 Å². The molecule has 0 saturated heterocycles. The molecule has 0 unspecified atom stereocenters. The van der Waals surface area contributed by atoms with E-state index in [9.17, 15) is 4.79 Å². The minimum Gasteiger partial charge on any atom is -0.298 e. The van der Waals surface area contributed by atoms with Gasteiger partial charge >= 0.3 is 0 Å². The van der Waals surface area contributed by atoms with Crippen molar-refractivity contribution in [1.29, 1.82) is 0 Å². The maximum Gasteiger partial charge on any atom is 0.152 e. The number of carbonyl (C=O) groups excluding carboxylic acids is 1. The first-order valence-corrected chi connectivity index (χ1v) is 4.66. The number of hydrogen-bond donors (Lipinski definition) is 0. The molecule has 0 amide bonds. The molecular formula is C11H12N2O. The molecule has 2 aromatic heterocycles. The molecule has 2 aromatic rings. The van der Waals surface area contributed by atoms with E-state index in [4.69, 9.17) is 0 Å². The summed E-state index contributed by atoms with van der Waals surface area (Å²) in [6.07, 6.45) is 2.72. The highest BCUT2D eigenvalue weighted by Gasteiger charge is 2.07.